The third kappa shape index (κ3) is 8.25. The van der Waals surface area contributed by atoms with Gasteiger partial charge in [-0.05, 0) is 61.9 Å². The molecular weight excluding hydrogens is 368 g/mol. The third-order valence-corrected chi connectivity index (χ3v) is 4.21. The number of ether oxygens (including phenoxy) is 2. The molecule has 6 nitrogen and oxygen atoms in total. The quantitative estimate of drug-likeness (QED) is 0.187. The largest absolute Gasteiger partial charge is 0.462 e. The number of azo groups is 1. The number of benzene rings is 2. The van der Waals surface area contributed by atoms with E-state index in [2.05, 4.69) is 17.2 Å². The Balaban J connectivity index is 1.82. The lowest BCUT2D eigenvalue weighted by atomic mass is 10.1. The molecule has 0 radical (unpaired) electrons. The Morgan fingerprint density at radius 1 is 0.793 bits per heavy atom. The number of hydrogen-bond acceptors (Lipinski definition) is 6. The zero-order valence-corrected chi connectivity index (χ0v) is 17.1. The van der Waals surface area contributed by atoms with E-state index in [1.165, 1.54) is 12.8 Å². The fraction of sp³-hybridized carbons (Fsp3) is 0.391. The van der Waals surface area contributed by atoms with Crippen molar-refractivity contribution >= 4 is 23.3 Å². The highest BCUT2D eigenvalue weighted by molar-refractivity contribution is 5.89. The van der Waals surface area contributed by atoms with Crippen LogP contribution in [0.1, 0.15) is 62.7 Å². The summed E-state index contributed by atoms with van der Waals surface area (Å²) >= 11 is 0. The normalized spacial score (nSPS) is 10.8. The molecule has 0 heterocycles. The van der Waals surface area contributed by atoms with E-state index in [9.17, 15) is 9.59 Å². The maximum absolute atomic E-state index is 11.9. The number of esters is 2. The van der Waals surface area contributed by atoms with Crippen molar-refractivity contribution in [3.63, 3.8) is 0 Å². The summed E-state index contributed by atoms with van der Waals surface area (Å²) in [4.78, 5) is 23.5. The minimum Gasteiger partial charge on any atom is -0.462 e. The number of unbranched alkanes of at least 4 members (excludes halogenated alkanes) is 4. The average Bonchev–Trinajstić information content (AvgIpc) is 2.73. The molecule has 0 spiro atoms. The standard InChI is InChI=1S/C23H28N2O4/c1-3-5-6-7-8-9-22(26)29-21-16-14-20(15-17-21)25-24-19-12-10-18(11-13-19)23(27)28-4-2/h10-17H,3-9H2,1-2H3. The van der Waals surface area contributed by atoms with Crippen LogP contribution in [0, 0.1) is 0 Å². The number of carbonyl (C=O) groups excluding carboxylic acids is 2. The third-order valence-electron chi connectivity index (χ3n) is 4.21. The van der Waals surface area contributed by atoms with Crippen molar-refractivity contribution in [1.29, 1.82) is 0 Å². The Kier molecular flexibility index (Phi) is 9.55. The summed E-state index contributed by atoms with van der Waals surface area (Å²) in [5.41, 5.74) is 1.73. The molecule has 0 atom stereocenters. The van der Waals surface area contributed by atoms with Crippen molar-refractivity contribution in [1.82, 2.24) is 0 Å². The minimum atomic E-state index is -0.359. The molecule has 0 saturated heterocycles. The minimum absolute atomic E-state index is 0.211. The second-order valence-corrected chi connectivity index (χ2v) is 6.60. The van der Waals surface area contributed by atoms with Gasteiger partial charge in [-0.1, -0.05) is 32.6 Å². The zero-order valence-electron chi connectivity index (χ0n) is 17.1. The Morgan fingerprint density at radius 3 is 1.97 bits per heavy atom. The van der Waals surface area contributed by atoms with Gasteiger partial charge in [0, 0.05) is 6.42 Å². The fourth-order valence-electron chi connectivity index (χ4n) is 2.63. The van der Waals surface area contributed by atoms with E-state index in [4.69, 9.17) is 9.47 Å². The van der Waals surface area contributed by atoms with Crippen LogP contribution in [0.5, 0.6) is 5.75 Å². The fourth-order valence-corrected chi connectivity index (χ4v) is 2.63. The van der Waals surface area contributed by atoms with Crippen LogP contribution < -0.4 is 4.74 Å². The van der Waals surface area contributed by atoms with Crippen molar-refractivity contribution in [3.8, 4) is 5.75 Å². The van der Waals surface area contributed by atoms with E-state index >= 15 is 0 Å². The van der Waals surface area contributed by atoms with Crippen molar-refractivity contribution in [3.05, 3.63) is 54.1 Å². The SMILES string of the molecule is CCCCCCCC(=O)Oc1ccc(N=Nc2ccc(C(=O)OCC)cc2)cc1. The predicted octanol–water partition coefficient (Wildman–Crippen LogP) is 6.54. The Labute approximate surface area is 171 Å². The molecule has 29 heavy (non-hydrogen) atoms. The molecule has 0 saturated carbocycles. The Bertz CT molecular complexity index is 799. The van der Waals surface area contributed by atoms with Gasteiger partial charge in [0.15, 0.2) is 0 Å². The number of rotatable bonds is 11. The van der Waals surface area contributed by atoms with E-state index in [-0.39, 0.29) is 11.9 Å². The molecule has 0 amide bonds. The Morgan fingerprint density at radius 2 is 1.38 bits per heavy atom. The van der Waals surface area contributed by atoms with Gasteiger partial charge in [0.2, 0.25) is 0 Å². The summed E-state index contributed by atoms with van der Waals surface area (Å²) in [7, 11) is 0. The summed E-state index contributed by atoms with van der Waals surface area (Å²) in [6, 6.07) is 13.6. The summed E-state index contributed by atoms with van der Waals surface area (Å²) in [6.07, 6.45) is 5.92. The molecule has 6 heteroatoms. The number of carbonyl (C=O) groups is 2. The van der Waals surface area contributed by atoms with Crippen LogP contribution in [-0.2, 0) is 9.53 Å². The lowest BCUT2D eigenvalue weighted by molar-refractivity contribution is -0.134. The smallest absolute Gasteiger partial charge is 0.338 e. The predicted molar refractivity (Wildman–Crippen MR) is 112 cm³/mol. The van der Waals surface area contributed by atoms with Crippen LogP contribution in [0.4, 0.5) is 11.4 Å². The van der Waals surface area contributed by atoms with E-state index in [0.717, 1.165) is 19.3 Å². The first kappa shape index (κ1) is 22.3. The molecule has 0 aliphatic carbocycles. The van der Waals surface area contributed by atoms with Crippen LogP contribution in [0.2, 0.25) is 0 Å². The number of nitrogens with zero attached hydrogens (tertiary/aromatic N) is 2. The lowest BCUT2D eigenvalue weighted by Gasteiger charge is -2.04. The molecule has 2 rings (SSSR count). The first-order chi connectivity index (χ1) is 14.1. The topological polar surface area (TPSA) is 77.3 Å². The number of hydrogen-bond donors (Lipinski definition) is 0. The van der Waals surface area contributed by atoms with Gasteiger partial charge in [-0.2, -0.15) is 10.2 Å². The second kappa shape index (κ2) is 12.4. The van der Waals surface area contributed by atoms with Crippen LogP contribution >= 0.6 is 0 Å². The van der Waals surface area contributed by atoms with Gasteiger partial charge in [0.05, 0.1) is 23.5 Å². The maximum atomic E-state index is 11.9. The van der Waals surface area contributed by atoms with E-state index in [1.807, 2.05) is 0 Å². The summed E-state index contributed by atoms with van der Waals surface area (Å²) in [5.74, 6) is -0.0686. The highest BCUT2D eigenvalue weighted by Gasteiger charge is 2.06. The van der Waals surface area contributed by atoms with Gasteiger partial charge in [-0.15, -0.1) is 0 Å². The first-order valence-corrected chi connectivity index (χ1v) is 10.1. The monoisotopic (exact) mass is 396 g/mol. The van der Waals surface area contributed by atoms with Gasteiger partial charge < -0.3 is 9.47 Å². The van der Waals surface area contributed by atoms with Gasteiger partial charge in [-0.3, -0.25) is 4.79 Å². The molecule has 0 unspecified atom stereocenters. The van der Waals surface area contributed by atoms with E-state index in [0.29, 0.717) is 35.7 Å². The van der Waals surface area contributed by atoms with Crippen molar-refractivity contribution in [2.75, 3.05) is 6.61 Å². The molecule has 0 aliphatic rings. The second-order valence-electron chi connectivity index (χ2n) is 6.60. The lowest BCUT2D eigenvalue weighted by Crippen LogP contribution is -2.07. The zero-order chi connectivity index (χ0) is 20.9. The molecule has 2 aromatic rings. The highest BCUT2D eigenvalue weighted by atomic mass is 16.5. The van der Waals surface area contributed by atoms with Crippen molar-refractivity contribution < 1.29 is 19.1 Å². The maximum Gasteiger partial charge on any atom is 0.338 e. The summed E-state index contributed by atoms with van der Waals surface area (Å²) in [5, 5.41) is 8.30. The van der Waals surface area contributed by atoms with Gasteiger partial charge >= 0.3 is 11.9 Å². The van der Waals surface area contributed by atoms with Crippen LogP contribution in [0.3, 0.4) is 0 Å². The van der Waals surface area contributed by atoms with Gasteiger partial charge in [-0.25, -0.2) is 4.79 Å². The molecular formula is C23H28N2O4. The molecule has 0 N–H and O–H groups in total. The van der Waals surface area contributed by atoms with Crippen LogP contribution in [0.25, 0.3) is 0 Å². The Hall–Kier alpha value is -3.02. The van der Waals surface area contributed by atoms with Crippen molar-refractivity contribution in [2.24, 2.45) is 10.2 Å². The van der Waals surface area contributed by atoms with Crippen molar-refractivity contribution in [2.45, 2.75) is 52.4 Å². The summed E-state index contributed by atoms with van der Waals surface area (Å²) in [6.45, 7) is 4.27. The molecule has 154 valence electrons. The van der Waals surface area contributed by atoms with Gasteiger partial charge in [0.25, 0.3) is 0 Å². The highest BCUT2D eigenvalue weighted by Crippen LogP contribution is 2.22. The first-order valence-electron chi connectivity index (χ1n) is 10.1. The molecule has 0 fully saturated rings. The molecule has 0 aromatic heterocycles. The average molecular weight is 396 g/mol. The van der Waals surface area contributed by atoms with Crippen LogP contribution in [0.15, 0.2) is 58.8 Å². The molecule has 0 aliphatic heterocycles. The van der Waals surface area contributed by atoms with Crippen LogP contribution in [-0.4, -0.2) is 18.5 Å². The van der Waals surface area contributed by atoms with E-state index in [1.54, 1.807) is 55.5 Å². The molecule has 0 bridgehead atoms. The van der Waals surface area contributed by atoms with Gasteiger partial charge in [0.1, 0.15) is 5.75 Å². The van der Waals surface area contributed by atoms with E-state index < -0.39 is 0 Å². The molecule has 2 aromatic carbocycles. The summed E-state index contributed by atoms with van der Waals surface area (Å²) < 4.78 is 10.3.